The van der Waals surface area contributed by atoms with E-state index >= 15 is 0 Å². The van der Waals surface area contributed by atoms with Crippen LogP contribution in [0.2, 0.25) is 5.02 Å². The van der Waals surface area contributed by atoms with Gasteiger partial charge in [-0.05, 0) is 102 Å². The van der Waals surface area contributed by atoms with E-state index in [2.05, 4.69) is 17.9 Å². The lowest BCUT2D eigenvalue weighted by Crippen LogP contribution is -2.61. The molecule has 2 aromatic carbocycles. The van der Waals surface area contributed by atoms with Crippen molar-refractivity contribution in [3.63, 3.8) is 0 Å². The molecule has 0 unspecified atom stereocenters. The topological polar surface area (TPSA) is 114 Å². The van der Waals surface area contributed by atoms with E-state index in [0.29, 0.717) is 22.5 Å². The molecule has 0 aliphatic carbocycles. The number of halogens is 1. The third-order valence-electron chi connectivity index (χ3n) is 9.90. The van der Waals surface area contributed by atoms with Crippen LogP contribution in [0.1, 0.15) is 76.3 Å². The Morgan fingerprint density at radius 2 is 1.78 bits per heavy atom. The molecule has 5 heterocycles. The monoisotopic (exact) mass is 714 g/mol. The van der Waals surface area contributed by atoms with Crippen molar-refractivity contribution in [2.24, 2.45) is 0 Å². The van der Waals surface area contributed by atoms with Crippen molar-refractivity contribution in [2.45, 2.75) is 84.6 Å². The summed E-state index contributed by atoms with van der Waals surface area (Å²) in [5.41, 5.74) is 6.81. The highest BCUT2D eigenvalue weighted by Gasteiger charge is 2.37. The van der Waals surface area contributed by atoms with E-state index < -0.39 is 17.7 Å². The average molecular weight is 715 g/mol. The smallest absolute Gasteiger partial charge is 0.337 e. The van der Waals surface area contributed by atoms with E-state index in [9.17, 15) is 14.7 Å². The maximum Gasteiger partial charge on any atom is 0.337 e. The minimum absolute atomic E-state index is 0.151. The first-order valence-electron chi connectivity index (χ1n) is 17.3. The molecule has 0 bridgehead atoms. The Labute approximate surface area is 301 Å². The number of fused-ring (bicyclic) bond motifs is 2. The van der Waals surface area contributed by atoms with Crippen LogP contribution in [-0.4, -0.2) is 84.4 Å². The quantitative estimate of drug-likeness (QED) is 0.174. The predicted molar refractivity (Wildman–Crippen MR) is 198 cm³/mol. The van der Waals surface area contributed by atoms with Crippen LogP contribution in [0.5, 0.6) is 0 Å². The molecule has 0 radical (unpaired) electrons. The van der Waals surface area contributed by atoms with E-state index in [-0.39, 0.29) is 5.91 Å². The van der Waals surface area contributed by atoms with Crippen molar-refractivity contribution in [1.29, 1.82) is 0 Å². The van der Waals surface area contributed by atoms with Crippen molar-refractivity contribution in [1.82, 2.24) is 29.5 Å². The van der Waals surface area contributed by atoms with Crippen LogP contribution in [0.4, 0.5) is 0 Å². The normalized spacial score (nSPS) is 17.1. The van der Waals surface area contributed by atoms with Crippen molar-refractivity contribution in [3.8, 4) is 21.8 Å². The van der Waals surface area contributed by atoms with Gasteiger partial charge in [0.05, 0.1) is 32.7 Å². The molecule has 3 aromatic heterocycles. The van der Waals surface area contributed by atoms with Crippen LogP contribution in [0, 0.1) is 6.92 Å². The van der Waals surface area contributed by atoms with Crippen LogP contribution >= 0.6 is 22.9 Å². The third kappa shape index (κ3) is 6.52. The van der Waals surface area contributed by atoms with Gasteiger partial charge in [0.2, 0.25) is 5.91 Å². The van der Waals surface area contributed by atoms with E-state index in [4.69, 9.17) is 31.4 Å². The fourth-order valence-electron chi connectivity index (χ4n) is 7.34. The van der Waals surface area contributed by atoms with Crippen LogP contribution in [0.15, 0.2) is 42.5 Å². The molecule has 5 aromatic rings. The number of piperidine rings is 1. The number of aromatic nitrogens is 4. The lowest BCUT2D eigenvalue weighted by molar-refractivity contribution is -0.160. The summed E-state index contributed by atoms with van der Waals surface area (Å²) < 4.78 is 9.09. The number of carboxylic acids is 1. The molecular formula is C38H43ClN6O4S. The number of benzene rings is 2. The SMILES string of the molecule is CCn1nc(C2CCN(C3CN(C(C)=O)C3)CC2)c2nc(-c3nc4cc(C)c([C@H](OC(C)(C)C)C(=O)O)c(-c5ccc(Cl)cc5)c4s3)ccc21. The zero-order valence-corrected chi connectivity index (χ0v) is 30.9. The summed E-state index contributed by atoms with van der Waals surface area (Å²) in [4.78, 5) is 39.2. The summed E-state index contributed by atoms with van der Waals surface area (Å²) in [6.07, 6.45) is 0.803. The number of hydrogen-bond acceptors (Lipinski definition) is 8. The first-order valence-corrected chi connectivity index (χ1v) is 18.5. The van der Waals surface area contributed by atoms with Crippen molar-refractivity contribution in [2.75, 3.05) is 26.2 Å². The number of ether oxygens (including phenoxy) is 1. The molecule has 0 spiro atoms. The lowest BCUT2D eigenvalue weighted by atomic mass is 9.91. The number of carbonyl (C=O) groups is 2. The zero-order chi connectivity index (χ0) is 35.5. The number of aryl methyl sites for hydroxylation is 2. The van der Waals surface area contributed by atoms with Crippen LogP contribution in [0.3, 0.4) is 0 Å². The molecule has 2 aliphatic rings. The van der Waals surface area contributed by atoms with E-state index in [1.165, 1.54) is 11.3 Å². The van der Waals surface area contributed by atoms with Gasteiger partial charge in [-0.2, -0.15) is 5.10 Å². The number of aliphatic carboxylic acids is 1. The number of thiazole rings is 1. The molecule has 12 heteroatoms. The number of nitrogens with zero attached hydrogens (tertiary/aromatic N) is 6. The van der Waals surface area contributed by atoms with Crippen LogP contribution in [-0.2, 0) is 20.9 Å². The van der Waals surface area contributed by atoms with Gasteiger partial charge < -0.3 is 14.7 Å². The molecular weight excluding hydrogens is 672 g/mol. The van der Waals surface area contributed by atoms with Gasteiger partial charge in [-0.1, -0.05) is 23.7 Å². The standard InChI is InChI=1S/C38H43ClN6O4S/c1-7-45-29-13-12-27(40-33(29)32(42-45)24-14-16-43(17-15-24)26-19-44(20-26)22(3)46)36-41-28-18-21(2)30(34(37(47)48)49-38(4,5)6)31(35(28)50-36)23-8-10-25(39)11-9-23/h8-13,18,24,26,34H,7,14-17,19-20H2,1-6H3,(H,47,48)/t34-/m0/s1. The maximum absolute atomic E-state index is 12.8. The summed E-state index contributed by atoms with van der Waals surface area (Å²) in [5, 5.41) is 16.9. The first-order chi connectivity index (χ1) is 23.8. The largest absolute Gasteiger partial charge is 0.479 e. The molecule has 1 N–H and O–H groups in total. The predicted octanol–water partition coefficient (Wildman–Crippen LogP) is 7.71. The van der Waals surface area contributed by atoms with Gasteiger partial charge in [-0.25, -0.2) is 14.8 Å². The second kappa shape index (κ2) is 13.3. The summed E-state index contributed by atoms with van der Waals surface area (Å²) >= 11 is 7.79. The second-order valence-electron chi connectivity index (χ2n) is 14.5. The summed E-state index contributed by atoms with van der Waals surface area (Å²) in [6.45, 7) is 15.6. The number of rotatable bonds is 8. The van der Waals surface area contributed by atoms with Crippen LogP contribution in [0.25, 0.3) is 43.1 Å². The highest BCUT2D eigenvalue weighted by atomic mass is 35.5. The fraction of sp³-hybridized carbons (Fsp3) is 0.447. The van der Waals surface area contributed by atoms with Crippen molar-refractivity contribution < 1.29 is 19.4 Å². The van der Waals surface area contributed by atoms with E-state index in [1.807, 2.05) is 73.7 Å². The first kappa shape index (κ1) is 34.5. The molecule has 2 saturated heterocycles. The average Bonchev–Trinajstić information content (AvgIpc) is 3.64. The second-order valence-corrected chi connectivity index (χ2v) is 15.9. The Morgan fingerprint density at radius 3 is 2.40 bits per heavy atom. The number of amides is 1. The summed E-state index contributed by atoms with van der Waals surface area (Å²) in [5.74, 6) is -0.605. The number of carboxylic acid groups (broad SMARTS) is 1. The number of pyridine rings is 1. The Bertz CT molecular complexity index is 2090. The molecule has 50 heavy (non-hydrogen) atoms. The van der Waals surface area contributed by atoms with Gasteiger partial charge >= 0.3 is 5.97 Å². The van der Waals surface area contributed by atoms with E-state index in [0.717, 1.165) is 99.9 Å². The Kier molecular flexibility index (Phi) is 9.21. The van der Waals surface area contributed by atoms with Gasteiger partial charge in [0.15, 0.2) is 6.10 Å². The Hall–Kier alpha value is -3.90. The highest BCUT2D eigenvalue weighted by Crippen LogP contribution is 2.44. The van der Waals surface area contributed by atoms with Gasteiger partial charge in [-0.3, -0.25) is 14.4 Å². The lowest BCUT2D eigenvalue weighted by Gasteiger charge is -2.47. The number of hydrogen-bond donors (Lipinski definition) is 1. The molecule has 7 rings (SSSR count). The minimum Gasteiger partial charge on any atom is -0.479 e. The molecule has 262 valence electrons. The number of likely N-dealkylation sites (tertiary alicyclic amines) is 2. The molecule has 1 atom stereocenters. The van der Waals surface area contributed by atoms with Crippen molar-refractivity contribution >= 4 is 56.1 Å². The highest BCUT2D eigenvalue weighted by molar-refractivity contribution is 7.22. The molecule has 10 nitrogen and oxygen atoms in total. The van der Waals surface area contributed by atoms with Gasteiger partial charge in [0.1, 0.15) is 10.5 Å². The Morgan fingerprint density at radius 1 is 1.08 bits per heavy atom. The fourth-order valence-corrected chi connectivity index (χ4v) is 8.57. The minimum atomic E-state index is -1.18. The van der Waals surface area contributed by atoms with Crippen molar-refractivity contribution in [3.05, 3.63) is 64.3 Å². The molecule has 1 amide bonds. The van der Waals surface area contributed by atoms with E-state index in [1.54, 1.807) is 6.92 Å². The molecule has 2 aliphatic heterocycles. The third-order valence-corrected chi connectivity index (χ3v) is 11.3. The zero-order valence-electron chi connectivity index (χ0n) is 29.4. The summed E-state index contributed by atoms with van der Waals surface area (Å²) in [7, 11) is 0. The Balaban J connectivity index is 1.28. The summed E-state index contributed by atoms with van der Waals surface area (Å²) in [6, 6.07) is 14.0. The van der Waals surface area contributed by atoms with Gasteiger partial charge in [-0.15, -0.1) is 11.3 Å². The number of carbonyl (C=O) groups excluding carboxylic acids is 1. The maximum atomic E-state index is 12.8. The molecule has 2 fully saturated rings. The van der Waals surface area contributed by atoms with Gasteiger partial charge in [0.25, 0.3) is 0 Å². The molecule has 0 saturated carbocycles. The van der Waals surface area contributed by atoms with Gasteiger partial charge in [0, 0.05) is 54.7 Å². The van der Waals surface area contributed by atoms with Crippen LogP contribution < -0.4 is 0 Å².